The molecule has 2 aliphatic carbocycles. The maximum Gasteiger partial charge on any atom is 0.107 e. The second-order valence-electron chi connectivity index (χ2n) is 6.07. The Balaban J connectivity index is 1.48. The van der Waals surface area contributed by atoms with Gasteiger partial charge in [-0.05, 0) is 44.6 Å². The summed E-state index contributed by atoms with van der Waals surface area (Å²) in [6.07, 6.45) is 6.82. The van der Waals surface area contributed by atoms with Gasteiger partial charge in [-0.25, -0.2) is 4.98 Å². The van der Waals surface area contributed by atoms with Gasteiger partial charge in [0.2, 0.25) is 0 Å². The monoisotopic (exact) mass is 279 g/mol. The SMILES string of the molecule is CCCN(Cc1csc(CNC2CC2)n1)CC1CC1. The molecule has 0 aliphatic heterocycles. The second kappa shape index (κ2) is 6.33. The van der Waals surface area contributed by atoms with Gasteiger partial charge in [-0.1, -0.05) is 6.92 Å². The first kappa shape index (κ1) is 13.5. The van der Waals surface area contributed by atoms with Crippen LogP contribution in [0.1, 0.15) is 49.7 Å². The van der Waals surface area contributed by atoms with E-state index in [1.807, 2.05) is 11.3 Å². The summed E-state index contributed by atoms with van der Waals surface area (Å²) in [7, 11) is 0. The predicted octanol–water partition coefficient (Wildman–Crippen LogP) is 3.02. The predicted molar refractivity (Wildman–Crippen MR) is 80.3 cm³/mol. The zero-order chi connectivity index (χ0) is 13.1. The summed E-state index contributed by atoms with van der Waals surface area (Å²) in [6.45, 7) is 6.77. The van der Waals surface area contributed by atoms with Crippen molar-refractivity contribution >= 4 is 11.3 Å². The Bertz CT molecular complexity index is 396. The fraction of sp³-hybridized carbons (Fsp3) is 0.800. The van der Waals surface area contributed by atoms with Gasteiger partial charge in [0, 0.05) is 31.1 Å². The van der Waals surface area contributed by atoms with Crippen molar-refractivity contribution in [3.63, 3.8) is 0 Å². The standard InChI is InChI=1S/C15H25N3S/c1-2-7-18(9-12-3-4-12)10-14-11-19-15(17-14)8-16-13-5-6-13/h11-13,16H,2-10H2,1H3. The van der Waals surface area contributed by atoms with Crippen molar-refractivity contribution in [2.45, 2.75) is 58.2 Å². The summed E-state index contributed by atoms with van der Waals surface area (Å²) < 4.78 is 0. The van der Waals surface area contributed by atoms with Crippen LogP contribution in [0, 0.1) is 5.92 Å². The number of hydrogen-bond acceptors (Lipinski definition) is 4. The number of nitrogens with one attached hydrogen (secondary N) is 1. The van der Waals surface area contributed by atoms with E-state index in [1.165, 1.54) is 55.9 Å². The Morgan fingerprint density at radius 3 is 2.89 bits per heavy atom. The van der Waals surface area contributed by atoms with Crippen LogP contribution < -0.4 is 5.32 Å². The van der Waals surface area contributed by atoms with Crippen LogP contribution >= 0.6 is 11.3 Å². The first-order valence-electron chi connectivity index (χ1n) is 7.72. The highest BCUT2D eigenvalue weighted by Gasteiger charge is 2.24. The molecule has 0 saturated heterocycles. The summed E-state index contributed by atoms with van der Waals surface area (Å²) in [5, 5.41) is 7.05. The minimum Gasteiger partial charge on any atom is -0.308 e. The van der Waals surface area contributed by atoms with E-state index < -0.39 is 0 Å². The van der Waals surface area contributed by atoms with E-state index in [1.54, 1.807) is 0 Å². The largest absolute Gasteiger partial charge is 0.308 e. The minimum atomic E-state index is 0.777. The van der Waals surface area contributed by atoms with Crippen LogP contribution in [-0.4, -0.2) is 29.0 Å². The molecule has 0 amide bonds. The highest BCUT2D eigenvalue weighted by Crippen LogP contribution is 2.30. The van der Waals surface area contributed by atoms with Crippen molar-refractivity contribution in [1.82, 2.24) is 15.2 Å². The molecule has 3 rings (SSSR count). The number of rotatable bonds is 9. The van der Waals surface area contributed by atoms with Crippen molar-refractivity contribution in [1.29, 1.82) is 0 Å². The van der Waals surface area contributed by atoms with Gasteiger partial charge in [0.1, 0.15) is 5.01 Å². The molecule has 2 aliphatic rings. The molecule has 3 nitrogen and oxygen atoms in total. The number of nitrogens with zero attached hydrogens (tertiary/aromatic N) is 2. The molecule has 0 aromatic carbocycles. The Hall–Kier alpha value is -0.450. The van der Waals surface area contributed by atoms with E-state index in [0.29, 0.717) is 0 Å². The lowest BCUT2D eigenvalue weighted by Crippen LogP contribution is -2.26. The van der Waals surface area contributed by atoms with Crippen LogP contribution in [0.15, 0.2) is 5.38 Å². The summed E-state index contributed by atoms with van der Waals surface area (Å²) in [6, 6.07) is 0.777. The lowest BCUT2D eigenvalue weighted by atomic mass is 10.3. The summed E-state index contributed by atoms with van der Waals surface area (Å²) in [5.74, 6) is 0.973. The molecule has 0 spiro atoms. The van der Waals surface area contributed by atoms with Gasteiger partial charge in [0.05, 0.1) is 5.69 Å². The second-order valence-corrected chi connectivity index (χ2v) is 7.01. The molecule has 19 heavy (non-hydrogen) atoms. The quantitative estimate of drug-likeness (QED) is 0.753. The Labute approximate surface area is 120 Å². The van der Waals surface area contributed by atoms with E-state index in [2.05, 4.69) is 22.5 Å². The molecule has 1 N–H and O–H groups in total. The van der Waals surface area contributed by atoms with Crippen molar-refractivity contribution in [2.75, 3.05) is 13.1 Å². The maximum absolute atomic E-state index is 4.77. The van der Waals surface area contributed by atoms with E-state index in [-0.39, 0.29) is 0 Å². The third-order valence-electron chi connectivity index (χ3n) is 3.86. The number of aromatic nitrogens is 1. The van der Waals surface area contributed by atoms with E-state index in [9.17, 15) is 0 Å². The molecular formula is C15H25N3S. The van der Waals surface area contributed by atoms with Crippen molar-refractivity contribution in [3.05, 3.63) is 16.1 Å². The average molecular weight is 279 g/mol. The van der Waals surface area contributed by atoms with Crippen LogP contribution in [0.5, 0.6) is 0 Å². The Kier molecular flexibility index (Phi) is 4.51. The van der Waals surface area contributed by atoms with Gasteiger partial charge in [-0.3, -0.25) is 4.90 Å². The van der Waals surface area contributed by atoms with Crippen LogP contribution in [0.25, 0.3) is 0 Å². The smallest absolute Gasteiger partial charge is 0.107 e. The van der Waals surface area contributed by atoms with Gasteiger partial charge in [-0.15, -0.1) is 11.3 Å². The van der Waals surface area contributed by atoms with Crippen molar-refractivity contribution in [2.24, 2.45) is 5.92 Å². The van der Waals surface area contributed by atoms with Crippen molar-refractivity contribution < 1.29 is 0 Å². The summed E-state index contributed by atoms with van der Waals surface area (Å²) in [4.78, 5) is 7.36. The van der Waals surface area contributed by atoms with E-state index in [4.69, 9.17) is 4.98 Å². The highest BCUT2D eigenvalue weighted by atomic mass is 32.1. The van der Waals surface area contributed by atoms with Gasteiger partial charge < -0.3 is 5.32 Å². The molecular weight excluding hydrogens is 254 g/mol. The normalized spacial score (nSPS) is 19.3. The molecule has 0 unspecified atom stereocenters. The average Bonchev–Trinajstić information content (AvgIpc) is 3.30. The molecule has 2 saturated carbocycles. The molecule has 2 fully saturated rings. The van der Waals surface area contributed by atoms with Crippen LogP contribution in [0.4, 0.5) is 0 Å². The van der Waals surface area contributed by atoms with E-state index in [0.717, 1.165) is 25.0 Å². The zero-order valence-electron chi connectivity index (χ0n) is 11.9. The van der Waals surface area contributed by atoms with Gasteiger partial charge in [-0.2, -0.15) is 0 Å². The van der Waals surface area contributed by atoms with Crippen molar-refractivity contribution in [3.8, 4) is 0 Å². The first-order chi connectivity index (χ1) is 9.33. The zero-order valence-corrected chi connectivity index (χ0v) is 12.7. The number of hydrogen-bond donors (Lipinski definition) is 1. The summed E-state index contributed by atoms with van der Waals surface area (Å²) >= 11 is 1.81. The third kappa shape index (κ3) is 4.55. The lowest BCUT2D eigenvalue weighted by Gasteiger charge is -2.20. The highest BCUT2D eigenvalue weighted by molar-refractivity contribution is 7.09. The first-order valence-corrected chi connectivity index (χ1v) is 8.60. The molecule has 0 atom stereocenters. The molecule has 1 aromatic heterocycles. The summed E-state index contributed by atoms with van der Waals surface area (Å²) in [5.41, 5.74) is 1.27. The van der Waals surface area contributed by atoms with Gasteiger partial charge >= 0.3 is 0 Å². The molecule has 106 valence electrons. The Morgan fingerprint density at radius 1 is 1.37 bits per heavy atom. The molecule has 1 aromatic rings. The Morgan fingerprint density at radius 2 is 2.21 bits per heavy atom. The van der Waals surface area contributed by atoms with Gasteiger partial charge in [0.15, 0.2) is 0 Å². The lowest BCUT2D eigenvalue weighted by molar-refractivity contribution is 0.252. The fourth-order valence-corrected chi connectivity index (χ4v) is 3.20. The fourth-order valence-electron chi connectivity index (χ4n) is 2.47. The van der Waals surface area contributed by atoms with Crippen LogP contribution in [0.2, 0.25) is 0 Å². The number of thiazole rings is 1. The molecule has 0 radical (unpaired) electrons. The minimum absolute atomic E-state index is 0.777. The van der Waals surface area contributed by atoms with Gasteiger partial charge in [0.25, 0.3) is 0 Å². The topological polar surface area (TPSA) is 28.2 Å². The maximum atomic E-state index is 4.77. The third-order valence-corrected chi connectivity index (χ3v) is 4.76. The van der Waals surface area contributed by atoms with Crippen LogP contribution in [0.3, 0.4) is 0 Å². The van der Waals surface area contributed by atoms with Crippen LogP contribution in [-0.2, 0) is 13.1 Å². The van der Waals surface area contributed by atoms with E-state index >= 15 is 0 Å². The molecule has 0 bridgehead atoms. The molecule has 1 heterocycles. The molecule has 4 heteroatoms.